The highest BCUT2D eigenvalue weighted by Gasteiger charge is 2.32. The molecule has 2 aromatic rings. The van der Waals surface area contributed by atoms with Crippen LogP contribution in [0.3, 0.4) is 0 Å². The van der Waals surface area contributed by atoms with Crippen molar-refractivity contribution in [2.24, 2.45) is 0 Å². The molecular weight excluding hydrogens is 325 g/mol. The van der Waals surface area contributed by atoms with Gasteiger partial charge < -0.3 is 4.90 Å². The Morgan fingerprint density at radius 3 is 2.04 bits per heavy atom. The lowest BCUT2D eigenvalue weighted by Gasteiger charge is -2.39. The Hall–Kier alpha value is -2.01. The molecule has 0 aromatic heterocycles. The van der Waals surface area contributed by atoms with E-state index in [1.54, 1.807) is 6.07 Å². The standard InChI is InChI=1S/C20H21F3N2/c21-20(22,23)17-6-3-7-18(14-17)24-8-10-25(11-9-24)19-12-15-4-1-2-5-16(15)13-19/h1-7,14,19H,8-13H2. The summed E-state index contributed by atoms with van der Waals surface area (Å²) in [6.45, 7) is 3.34. The van der Waals surface area contributed by atoms with Gasteiger partial charge in [-0.25, -0.2) is 0 Å². The van der Waals surface area contributed by atoms with Crippen molar-refractivity contribution in [3.05, 3.63) is 65.2 Å². The van der Waals surface area contributed by atoms with Crippen molar-refractivity contribution in [2.75, 3.05) is 31.1 Å². The molecule has 5 heteroatoms. The van der Waals surface area contributed by atoms with E-state index in [0.29, 0.717) is 11.7 Å². The van der Waals surface area contributed by atoms with Crippen LogP contribution in [0.25, 0.3) is 0 Å². The number of anilines is 1. The van der Waals surface area contributed by atoms with E-state index in [0.717, 1.165) is 45.1 Å². The van der Waals surface area contributed by atoms with Gasteiger partial charge >= 0.3 is 6.18 Å². The molecule has 0 amide bonds. The molecule has 2 aliphatic rings. The molecule has 25 heavy (non-hydrogen) atoms. The van der Waals surface area contributed by atoms with E-state index >= 15 is 0 Å². The van der Waals surface area contributed by atoms with Crippen LogP contribution in [-0.4, -0.2) is 37.1 Å². The summed E-state index contributed by atoms with van der Waals surface area (Å²) in [6.07, 6.45) is -2.12. The van der Waals surface area contributed by atoms with Crippen LogP contribution in [0.2, 0.25) is 0 Å². The first-order valence-electron chi connectivity index (χ1n) is 8.74. The van der Waals surface area contributed by atoms with Gasteiger partial charge in [-0.2, -0.15) is 13.2 Å². The van der Waals surface area contributed by atoms with Crippen LogP contribution in [0, 0.1) is 0 Å². The highest BCUT2D eigenvalue weighted by atomic mass is 19.4. The van der Waals surface area contributed by atoms with Crippen molar-refractivity contribution in [1.29, 1.82) is 0 Å². The molecular formula is C20H21F3N2. The number of piperazine rings is 1. The maximum absolute atomic E-state index is 12.9. The summed E-state index contributed by atoms with van der Waals surface area (Å²) in [6, 6.07) is 14.8. The molecule has 0 spiro atoms. The van der Waals surface area contributed by atoms with Gasteiger partial charge in [0.25, 0.3) is 0 Å². The van der Waals surface area contributed by atoms with E-state index in [-0.39, 0.29) is 0 Å². The fourth-order valence-electron chi connectivity index (χ4n) is 4.02. The summed E-state index contributed by atoms with van der Waals surface area (Å²) in [5.74, 6) is 0. The molecule has 2 nitrogen and oxygen atoms in total. The summed E-state index contributed by atoms with van der Waals surface area (Å²) in [5, 5.41) is 0. The third-order valence-electron chi connectivity index (χ3n) is 5.40. The van der Waals surface area contributed by atoms with Crippen molar-refractivity contribution >= 4 is 5.69 Å². The number of alkyl halides is 3. The van der Waals surface area contributed by atoms with E-state index in [1.807, 2.05) is 0 Å². The fraction of sp³-hybridized carbons (Fsp3) is 0.400. The van der Waals surface area contributed by atoms with Crippen molar-refractivity contribution in [2.45, 2.75) is 25.1 Å². The smallest absolute Gasteiger partial charge is 0.369 e. The van der Waals surface area contributed by atoms with Gasteiger partial charge in [0.15, 0.2) is 0 Å². The molecule has 1 aliphatic heterocycles. The maximum Gasteiger partial charge on any atom is 0.416 e. The highest BCUT2D eigenvalue weighted by molar-refractivity contribution is 5.49. The van der Waals surface area contributed by atoms with Crippen molar-refractivity contribution in [3.63, 3.8) is 0 Å². The fourth-order valence-corrected chi connectivity index (χ4v) is 4.02. The number of fused-ring (bicyclic) bond motifs is 1. The van der Waals surface area contributed by atoms with Crippen LogP contribution < -0.4 is 4.90 Å². The van der Waals surface area contributed by atoms with Crippen LogP contribution in [0.4, 0.5) is 18.9 Å². The first-order chi connectivity index (χ1) is 12.0. The Labute approximate surface area is 145 Å². The summed E-state index contributed by atoms with van der Waals surface area (Å²) < 4.78 is 38.7. The predicted octanol–water partition coefficient (Wildman–Crippen LogP) is 3.99. The zero-order valence-corrected chi connectivity index (χ0v) is 14.0. The average Bonchev–Trinajstić information content (AvgIpc) is 3.05. The molecule has 0 unspecified atom stereocenters. The second kappa shape index (κ2) is 6.37. The first-order valence-corrected chi connectivity index (χ1v) is 8.74. The van der Waals surface area contributed by atoms with E-state index in [9.17, 15) is 13.2 Å². The molecule has 0 bridgehead atoms. The molecule has 4 rings (SSSR count). The lowest BCUT2D eigenvalue weighted by Crippen LogP contribution is -2.50. The molecule has 1 heterocycles. The largest absolute Gasteiger partial charge is 0.416 e. The number of nitrogens with zero attached hydrogens (tertiary/aromatic N) is 2. The Balaban J connectivity index is 1.39. The van der Waals surface area contributed by atoms with Gasteiger partial charge in [0.1, 0.15) is 0 Å². The number of hydrogen-bond donors (Lipinski definition) is 0. The minimum absolute atomic E-state index is 0.529. The Bertz CT molecular complexity index is 724. The van der Waals surface area contributed by atoms with Gasteiger partial charge in [-0.1, -0.05) is 30.3 Å². The molecule has 0 saturated carbocycles. The molecule has 0 radical (unpaired) electrons. The average molecular weight is 346 g/mol. The zero-order valence-electron chi connectivity index (χ0n) is 14.0. The number of rotatable bonds is 2. The minimum atomic E-state index is -4.28. The molecule has 2 aromatic carbocycles. The SMILES string of the molecule is FC(F)(F)c1cccc(N2CCN(C3Cc4ccccc4C3)CC2)c1. The first kappa shape index (κ1) is 16.5. The molecule has 0 N–H and O–H groups in total. The van der Waals surface area contributed by atoms with E-state index in [4.69, 9.17) is 0 Å². The second-order valence-corrected chi connectivity index (χ2v) is 6.90. The Morgan fingerprint density at radius 2 is 1.44 bits per heavy atom. The van der Waals surface area contributed by atoms with E-state index < -0.39 is 11.7 Å². The molecule has 1 aliphatic carbocycles. The lowest BCUT2D eigenvalue weighted by atomic mass is 10.1. The van der Waals surface area contributed by atoms with Gasteiger partial charge in [-0.3, -0.25) is 4.90 Å². The number of halogens is 3. The second-order valence-electron chi connectivity index (χ2n) is 6.90. The minimum Gasteiger partial charge on any atom is -0.369 e. The number of benzene rings is 2. The number of hydrogen-bond acceptors (Lipinski definition) is 2. The lowest BCUT2D eigenvalue weighted by molar-refractivity contribution is -0.137. The zero-order chi connectivity index (χ0) is 17.4. The summed E-state index contributed by atoms with van der Waals surface area (Å²) in [4.78, 5) is 4.55. The monoisotopic (exact) mass is 346 g/mol. The quantitative estimate of drug-likeness (QED) is 0.811. The topological polar surface area (TPSA) is 6.48 Å². The predicted molar refractivity (Wildman–Crippen MR) is 92.9 cm³/mol. The van der Waals surface area contributed by atoms with Crippen LogP contribution >= 0.6 is 0 Å². The van der Waals surface area contributed by atoms with Crippen LogP contribution in [-0.2, 0) is 19.0 Å². The Kier molecular flexibility index (Phi) is 4.20. The van der Waals surface area contributed by atoms with Crippen LogP contribution in [0.15, 0.2) is 48.5 Å². The third-order valence-corrected chi connectivity index (χ3v) is 5.40. The van der Waals surface area contributed by atoms with Crippen LogP contribution in [0.1, 0.15) is 16.7 Å². The Morgan fingerprint density at radius 1 is 0.800 bits per heavy atom. The van der Waals surface area contributed by atoms with Gasteiger partial charge in [0, 0.05) is 37.9 Å². The normalized spacial score (nSPS) is 19.2. The summed E-state index contributed by atoms with van der Waals surface area (Å²) >= 11 is 0. The summed E-state index contributed by atoms with van der Waals surface area (Å²) in [5.41, 5.74) is 2.98. The third kappa shape index (κ3) is 3.38. The maximum atomic E-state index is 12.9. The van der Waals surface area contributed by atoms with Gasteiger partial charge in [-0.15, -0.1) is 0 Å². The molecule has 1 fully saturated rings. The molecule has 132 valence electrons. The molecule has 0 atom stereocenters. The van der Waals surface area contributed by atoms with Crippen molar-refractivity contribution in [3.8, 4) is 0 Å². The highest BCUT2D eigenvalue weighted by Crippen LogP contribution is 2.32. The van der Waals surface area contributed by atoms with Crippen LogP contribution in [0.5, 0.6) is 0 Å². The van der Waals surface area contributed by atoms with Gasteiger partial charge in [0.2, 0.25) is 0 Å². The van der Waals surface area contributed by atoms with E-state index in [1.165, 1.54) is 23.3 Å². The molecule has 1 saturated heterocycles. The van der Waals surface area contributed by atoms with Gasteiger partial charge in [0.05, 0.1) is 5.56 Å². The summed E-state index contributed by atoms with van der Waals surface area (Å²) in [7, 11) is 0. The van der Waals surface area contributed by atoms with Crippen molar-refractivity contribution in [1.82, 2.24) is 4.90 Å². The van der Waals surface area contributed by atoms with E-state index in [2.05, 4.69) is 34.1 Å². The van der Waals surface area contributed by atoms with Gasteiger partial charge in [-0.05, 0) is 42.2 Å². The van der Waals surface area contributed by atoms with Crippen molar-refractivity contribution < 1.29 is 13.2 Å².